The molecule has 1 saturated carbocycles. The van der Waals surface area contributed by atoms with Crippen LogP contribution in [0.4, 0.5) is 11.6 Å². The summed E-state index contributed by atoms with van der Waals surface area (Å²) < 4.78 is 21.2. The molecule has 1 N–H and O–H groups in total. The molecule has 47 heavy (non-hydrogen) atoms. The number of morpholine rings is 1. The molecule has 4 aromatic rings. The molecule has 0 bridgehead atoms. The average Bonchev–Trinajstić information content (AvgIpc) is 3.77. The minimum absolute atomic E-state index is 0.274. The van der Waals surface area contributed by atoms with Crippen molar-refractivity contribution in [3.8, 4) is 34.9 Å². The molecule has 0 amide bonds. The highest BCUT2D eigenvalue weighted by Crippen LogP contribution is 2.35. The summed E-state index contributed by atoms with van der Waals surface area (Å²) in [6, 6.07) is 10.6. The Kier molecular flexibility index (Phi) is 10.5. The second kappa shape index (κ2) is 15.4. The molecule has 1 aliphatic carbocycles. The van der Waals surface area contributed by atoms with Crippen molar-refractivity contribution in [3.05, 3.63) is 48.7 Å². The van der Waals surface area contributed by atoms with E-state index in [1.165, 1.54) is 6.33 Å². The number of ether oxygens (including phenoxy) is 3. The lowest BCUT2D eigenvalue weighted by Crippen LogP contribution is -2.45. The van der Waals surface area contributed by atoms with Gasteiger partial charge >= 0.3 is 0 Å². The van der Waals surface area contributed by atoms with Gasteiger partial charge in [0.05, 0.1) is 50.2 Å². The van der Waals surface area contributed by atoms with Crippen molar-refractivity contribution in [3.63, 3.8) is 0 Å². The van der Waals surface area contributed by atoms with Crippen molar-refractivity contribution >= 4 is 11.6 Å². The number of nitrogens with zero attached hydrogens (tertiary/aromatic N) is 11. The Morgan fingerprint density at radius 1 is 1.06 bits per heavy atom. The van der Waals surface area contributed by atoms with Crippen LogP contribution in [0, 0.1) is 22.7 Å². The maximum Gasteiger partial charge on any atom is 0.256 e. The first kappa shape index (κ1) is 31.8. The van der Waals surface area contributed by atoms with Gasteiger partial charge in [-0.25, -0.2) is 14.6 Å². The van der Waals surface area contributed by atoms with E-state index in [-0.39, 0.29) is 12.1 Å². The molecular formula is C32H38N12O3. The predicted molar refractivity (Wildman–Crippen MR) is 170 cm³/mol. The summed E-state index contributed by atoms with van der Waals surface area (Å²) >= 11 is 0. The smallest absolute Gasteiger partial charge is 0.256 e. The Bertz CT molecular complexity index is 1660. The highest BCUT2D eigenvalue weighted by atomic mass is 16.5. The summed E-state index contributed by atoms with van der Waals surface area (Å²) in [7, 11) is 0. The van der Waals surface area contributed by atoms with E-state index in [4.69, 9.17) is 24.6 Å². The van der Waals surface area contributed by atoms with Crippen LogP contribution < -0.4 is 14.8 Å². The van der Waals surface area contributed by atoms with Crippen molar-refractivity contribution in [1.82, 2.24) is 44.9 Å². The van der Waals surface area contributed by atoms with Crippen LogP contribution in [-0.2, 0) is 11.3 Å². The summed E-state index contributed by atoms with van der Waals surface area (Å²) in [6.45, 7) is 6.35. The van der Waals surface area contributed by atoms with Gasteiger partial charge in [0.1, 0.15) is 29.9 Å². The van der Waals surface area contributed by atoms with Crippen LogP contribution in [0.15, 0.2) is 43.1 Å². The van der Waals surface area contributed by atoms with Gasteiger partial charge in [0.25, 0.3) is 5.88 Å². The van der Waals surface area contributed by atoms with Gasteiger partial charge in [0, 0.05) is 43.5 Å². The molecule has 244 valence electrons. The number of nitriles is 2. The molecular weight excluding hydrogens is 600 g/mol. The molecule has 4 heterocycles. The van der Waals surface area contributed by atoms with E-state index >= 15 is 0 Å². The molecule has 1 aromatic carbocycles. The topological polar surface area (TPSA) is 178 Å². The Balaban J connectivity index is 1.13. The van der Waals surface area contributed by atoms with Crippen LogP contribution in [0.3, 0.4) is 0 Å². The number of tetrazole rings is 1. The summed E-state index contributed by atoms with van der Waals surface area (Å²) in [5.41, 5.74) is 2.67. The van der Waals surface area contributed by atoms with Gasteiger partial charge < -0.3 is 19.5 Å². The largest absolute Gasteiger partial charge is 0.487 e. The molecule has 15 nitrogen and oxygen atoms in total. The maximum atomic E-state index is 9.64. The van der Waals surface area contributed by atoms with E-state index in [0.717, 1.165) is 63.1 Å². The van der Waals surface area contributed by atoms with Crippen LogP contribution >= 0.6 is 0 Å². The van der Waals surface area contributed by atoms with Gasteiger partial charge in [-0.05, 0) is 67.2 Å². The first-order valence-electron chi connectivity index (χ1n) is 16.0. The van der Waals surface area contributed by atoms with Crippen LogP contribution in [0.1, 0.15) is 57.1 Å². The van der Waals surface area contributed by atoms with Gasteiger partial charge in [-0.1, -0.05) is 6.07 Å². The summed E-state index contributed by atoms with van der Waals surface area (Å²) in [6.07, 6.45) is 12.0. The molecule has 1 saturated heterocycles. The zero-order valence-corrected chi connectivity index (χ0v) is 26.4. The monoisotopic (exact) mass is 638 g/mol. The predicted octanol–water partition coefficient (Wildman–Crippen LogP) is 3.91. The van der Waals surface area contributed by atoms with E-state index in [0.29, 0.717) is 60.9 Å². The quantitative estimate of drug-likeness (QED) is 0.209. The van der Waals surface area contributed by atoms with Crippen LogP contribution in [0.2, 0.25) is 0 Å². The van der Waals surface area contributed by atoms with Crippen LogP contribution in [0.25, 0.3) is 11.1 Å². The molecule has 2 fully saturated rings. The van der Waals surface area contributed by atoms with Gasteiger partial charge in [-0.2, -0.15) is 10.5 Å². The van der Waals surface area contributed by atoms with Crippen molar-refractivity contribution in [1.29, 1.82) is 10.5 Å². The zero-order chi connectivity index (χ0) is 32.4. The summed E-state index contributed by atoms with van der Waals surface area (Å²) in [5.74, 6) is 1.32. The third-order valence-electron chi connectivity index (χ3n) is 8.47. The number of hydrogen-bond acceptors (Lipinski definition) is 13. The first-order chi connectivity index (χ1) is 23.1. The number of nitrogens with one attached hydrogen (secondary N) is 1. The molecule has 3 aromatic heterocycles. The highest BCUT2D eigenvalue weighted by molar-refractivity contribution is 5.67. The highest BCUT2D eigenvalue weighted by Gasteiger charge is 2.29. The van der Waals surface area contributed by atoms with Crippen molar-refractivity contribution < 1.29 is 14.2 Å². The van der Waals surface area contributed by atoms with Gasteiger partial charge in [0.15, 0.2) is 0 Å². The number of aromatic nitrogens is 8. The van der Waals surface area contributed by atoms with E-state index in [2.05, 4.69) is 47.8 Å². The second-order valence-corrected chi connectivity index (χ2v) is 11.8. The van der Waals surface area contributed by atoms with Crippen molar-refractivity contribution in [2.75, 3.05) is 38.2 Å². The molecule has 2 aliphatic rings. The Morgan fingerprint density at radius 2 is 1.85 bits per heavy atom. The number of benzene rings is 1. The molecule has 1 atom stereocenters. The number of unbranched alkanes of at least 4 members (excludes halogenated alkanes) is 1. The van der Waals surface area contributed by atoms with E-state index < -0.39 is 0 Å². The van der Waals surface area contributed by atoms with E-state index in [1.807, 2.05) is 29.9 Å². The fourth-order valence-corrected chi connectivity index (χ4v) is 6.04. The normalized spacial score (nSPS) is 19.0. The SMILES string of the molecule is CC(Cn1cnnn1)Oc1cc(-c2cnc(Nc3cn(C4CCC(N5CCOCC5)CC4)nc3OCCCC#N)nc2)ccc1C#N. The summed E-state index contributed by atoms with van der Waals surface area (Å²) in [4.78, 5) is 11.7. The molecule has 0 spiro atoms. The van der Waals surface area contributed by atoms with Crippen molar-refractivity contribution in [2.45, 2.75) is 70.2 Å². The van der Waals surface area contributed by atoms with Crippen LogP contribution in [0.5, 0.6) is 11.6 Å². The Hall–Kier alpha value is -5.12. The lowest BCUT2D eigenvalue weighted by atomic mass is 9.90. The minimum Gasteiger partial charge on any atom is -0.487 e. The van der Waals surface area contributed by atoms with Gasteiger partial charge in [0.2, 0.25) is 5.95 Å². The van der Waals surface area contributed by atoms with Crippen molar-refractivity contribution in [2.24, 2.45) is 0 Å². The zero-order valence-electron chi connectivity index (χ0n) is 26.4. The lowest BCUT2D eigenvalue weighted by Gasteiger charge is -2.38. The van der Waals surface area contributed by atoms with Crippen LogP contribution in [-0.4, -0.2) is 89.9 Å². The van der Waals surface area contributed by atoms with Gasteiger partial charge in [-0.3, -0.25) is 9.58 Å². The first-order valence-corrected chi connectivity index (χ1v) is 16.0. The maximum absolute atomic E-state index is 9.64. The molecule has 15 heteroatoms. The Morgan fingerprint density at radius 3 is 2.57 bits per heavy atom. The number of rotatable bonds is 13. The molecule has 0 radical (unpaired) electrons. The fourth-order valence-electron chi connectivity index (χ4n) is 6.04. The lowest BCUT2D eigenvalue weighted by molar-refractivity contribution is 0.00503. The van der Waals surface area contributed by atoms with E-state index in [1.54, 1.807) is 23.1 Å². The molecule has 6 rings (SSSR count). The third kappa shape index (κ3) is 8.19. The average molecular weight is 639 g/mol. The standard InChI is InChI=1S/C32H38N12O3/c1-23(20-43-22-37-40-41-43)47-30-16-24(4-5-25(30)17-34)26-18-35-32(36-19-26)38-29-21-44(39-31(29)46-13-3-2-10-33)28-8-6-27(7-9-28)42-11-14-45-15-12-42/h4-5,16,18-19,21-23,27-28H,2-3,6-9,11-15,20H2,1H3,(H,35,36,38). The van der Waals surface area contributed by atoms with E-state index in [9.17, 15) is 5.26 Å². The fraction of sp³-hybridized carbons (Fsp3) is 0.500. The summed E-state index contributed by atoms with van der Waals surface area (Å²) in [5, 5.41) is 37.8. The minimum atomic E-state index is -0.277. The second-order valence-electron chi connectivity index (χ2n) is 11.8. The third-order valence-corrected chi connectivity index (χ3v) is 8.47. The van der Waals surface area contributed by atoms with Gasteiger partial charge in [-0.15, -0.1) is 10.2 Å². The molecule has 1 aliphatic heterocycles. The Labute approximate surface area is 273 Å². The molecule has 1 unspecified atom stereocenters. The number of hydrogen-bond donors (Lipinski definition) is 1. The number of anilines is 2.